The lowest BCUT2D eigenvalue weighted by Crippen LogP contribution is -2.02. The average Bonchev–Trinajstić information content (AvgIpc) is 2.31. The molecule has 2 rings (SSSR count). The largest absolute Gasteiger partial charge is 0.485 e. The highest BCUT2D eigenvalue weighted by molar-refractivity contribution is 5.57. The van der Waals surface area contributed by atoms with Crippen molar-refractivity contribution >= 4 is 5.69 Å². The molecule has 0 atom stereocenters. The summed E-state index contributed by atoms with van der Waals surface area (Å²) in [5, 5.41) is 0. The predicted molar refractivity (Wildman–Crippen MR) is 68.9 cm³/mol. The van der Waals surface area contributed by atoms with Crippen LogP contribution < -0.4 is 10.5 Å². The first-order chi connectivity index (χ1) is 8.16. The molecule has 0 bridgehead atoms. The molecular weight excluding hydrogens is 212 g/mol. The number of nitrogens with two attached hydrogens (primary N) is 1. The highest BCUT2D eigenvalue weighted by Crippen LogP contribution is 2.24. The summed E-state index contributed by atoms with van der Waals surface area (Å²) in [7, 11) is 0. The fourth-order valence-electron chi connectivity index (χ4n) is 1.61. The summed E-state index contributed by atoms with van der Waals surface area (Å²) < 4.78 is 5.67. The normalized spacial score (nSPS) is 10.2. The molecule has 0 saturated heterocycles. The molecule has 2 N–H and O–H groups in total. The number of ether oxygens (including phenoxy) is 1. The molecular formula is C14H16N2O. The summed E-state index contributed by atoms with van der Waals surface area (Å²) in [5.41, 5.74) is 9.55. The predicted octanol–water partition coefficient (Wildman–Crippen LogP) is 2.86. The second-order valence-corrected chi connectivity index (χ2v) is 4.05. The van der Waals surface area contributed by atoms with Crippen molar-refractivity contribution in [1.29, 1.82) is 0 Å². The van der Waals surface area contributed by atoms with Crippen LogP contribution in [0.15, 0.2) is 36.4 Å². The molecule has 2 aromatic rings. The summed E-state index contributed by atoms with van der Waals surface area (Å²) in [6.07, 6.45) is 0. The quantitative estimate of drug-likeness (QED) is 0.822. The molecule has 0 saturated carbocycles. The number of aryl methyl sites for hydroxylation is 2. The van der Waals surface area contributed by atoms with Crippen molar-refractivity contribution in [2.45, 2.75) is 20.5 Å². The minimum absolute atomic E-state index is 0.440. The number of nitrogen functional groups attached to an aromatic ring is 1. The van der Waals surface area contributed by atoms with Crippen LogP contribution >= 0.6 is 0 Å². The third-order valence-corrected chi connectivity index (χ3v) is 2.61. The second-order valence-electron chi connectivity index (χ2n) is 4.05. The van der Waals surface area contributed by atoms with Gasteiger partial charge in [-0.1, -0.05) is 18.2 Å². The average molecular weight is 228 g/mol. The van der Waals surface area contributed by atoms with Gasteiger partial charge in [-0.25, -0.2) is 0 Å². The van der Waals surface area contributed by atoms with Crippen LogP contribution in [0.2, 0.25) is 0 Å². The monoisotopic (exact) mass is 228 g/mol. The molecule has 0 unspecified atom stereocenters. The second kappa shape index (κ2) is 4.87. The fraction of sp³-hybridized carbons (Fsp3) is 0.214. The van der Waals surface area contributed by atoms with Gasteiger partial charge >= 0.3 is 0 Å². The van der Waals surface area contributed by atoms with Crippen molar-refractivity contribution in [3.05, 3.63) is 53.3 Å². The van der Waals surface area contributed by atoms with Gasteiger partial charge in [-0.3, -0.25) is 4.98 Å². The Morgan fingerprint density at radius 1 is 1.12 bits per heavy atom. The number of aromatic nitrogens is 1. The molecule has 0 amide bonds. The Balaban J connectivity index is 2.10. The van der Waals surface area contributed by atoms with Gasteiger partial charge in [-0.15, -0.1) is 0 Å². The molecule has 0 aliphatic rings. The van der Waals surface area contributed by atoms with Crippen LogP contribution in [-0.4, -0.2) is 4.98 Å². The number of para-hydroxylation sites is 1. The summed E-state index contributed by atoms with van der Waals surface area (Å²) in [6, 6.07) is 11.7. The van der Waals surface area contributed by atoms with Gasteiger partial charge in [0.15, 0.2) is 0 Å². The minimum atomic E-state index is 0.440. The van der Waals surface area contributed by atoms with Crippen molar-refractivity contribution in [3.8, 4) is 5.75 Å². The van der Waals surface area contributed by atoms with E-state index in [0.29, 0.717) is 18.0 Å². The molecule has 0 spiro atoms. The molecule has 88 valence electrons. The van der Waals surface area contributed by atoms with Crippen molar-refractivity contribution < 1.29 is 4.74 Å². The zero-order valence-corrected chi connectivity index (χ0v) is 10.1. The van der Waals surface area contributed by atoms with Crippen LogP contribution in [0.5, 0.6) is 5.75 Å². The van der Waals surface area contributed by atoms with E-state index in [2.05, 4.69) is 4.98 Å². The van der Waals surface area contributed by atoms with E-state index < -0.39 is 0 Å². The van der Waals surface area contributed by atoms with Gasteiger partial charge in [0, 0.05) is 5.69 Å². The third kappa shape index (κ3) is 2.75. The zero-order valence-electron chi connectivity index (χ0n) is 10.1. The lowest BCUT2D eigenvalue weighted by Gasteiger charge is -2.10. The van der Waals surface area contributed by atoms with E-state index in [1.165, 1.54) is 0 Å². The number of rotatable bonds is 3. The van der Waals surface area contributed by atoms with E-state index >= 15 is 0 Å². The molecule has 0 aliphatic heterocycles. The highest BCUT2D eigenvalue weighted by Gasteiger charge is 2.03. The van der Waals surface area contributed by atoms with E-state index in [4.69, 9.17) is 10.5 Å². The van der Waals surface area contributed by atoms with Crippen LogP contribution in [0, 0.1) is 13.8 Å². The molecule has 1 aromatic carbocycles. The van der Waals surface area contributed by atoms with E-state index in [0.717, 1.165) is 17.0 Å². The van der Waals surface area contributed by atoms with Crippen LogP contribution in [0.3, 0.4) is 0 Å². The standard InChI is InChI=1S/C14H16N2O/c1-10-5-3-8-13(14(10)15)17-9-12-7-4-6-11(2)16-12/h3-8H,9,15H2,1-2H3. The van der Waals surface area contributed by atoms with Gasteiger partial charge in [-0.05, 0) is 37.6 Å². The molecule has 1 heterocycles. The molecule has 0 fully saturated rings. The van der Waals surface area contributed by atoms with E-state index in [9.17, 15) is 0 Å². The molecule has 0 aliphatic carbocycles. The molecule has 1 aromatic heterocycles. The van der Waals surface area contributed by atoms with Crippen LogP contribution in [0.1, 0.15) is 17.0 Å². The molecule has 3 heteroatoms. The Morgan fingerprint density at radius 2 is 1.88 bits per heavy atom. The van der Waals surface area contributed by atoms with E-state index in [1.54, 1.807) is 0 Å². The summed E-state index contributed by atoms with van der Waals surface area (Å²) in [4.78, 5) is 4.37. The summed E-state index contributed by atoms with van der Waals surface area (Å²) in [5.74, 6) is 0.716. The van der Waals surface area contributed by atoms with Gasteiger partial charge in [0.05, 0.1) is 11.4 Å². The van der Waals surface area contributed by atoms with Crippen LogP contribution in [0.25, 0.3) is 0 Å². The first-order valence-electron chi connectivity index (χ1n) is 5.57. The Bertz CT molecular complexity index is 523. The zero-order chi connectivity index (χ0) is 12.3. The third-order valence-electron chi connectivity index (χ3n) is 2.61. The lowest BCUT2D eigenvalue weighted by atomic mass is 10.2. The maximum atomic E-state index is 5.93. The number of benzene rings is 1. The SMILES string of the molecule is Cc1cccc(COc2cccc(C)c2N)n1. The van der Waals surface area contributed by atoms with Crippen molar-refractivity contribution in [1.82, 2.24) is 4.98 Å². The van der Waals surface area contributed by atoms with Gasteiger partial charge in [0.2, 0.25) is 0 Å². The van der Waals surface area contributed by atoms with Crippen LogP contribution in [-0.2, 0) is 6.61 Å². The minimum Gasteiger partial charge on any atom is -0.485 e. The van der Waals surface area contributed by atoms with E-state index in [1.807, 2.05) is 50.2 Å². The van der Waals surface area contributed by atoms with E-state index in [-0.39, 0.29) is 0 Å². The van der Waals surface area contributed by atoms with Crippen LogP contribution in [0.4, 0.5) is 5.69 Å². The number of nitrogens with zero attached hydrogens (tertiary/aromatic N) is 1. The maximum absolute atomic E-state index is 5.93. The highest BCUT2D eigenvalue weighted by atomic mass is 16.5. The van der Waals surface area contributed by atoms with Crippen molar-refractivity contribution in [2.24, 2.45) is 0 Å². The Kier molecular flexibility index (Phi) is 3.28. The Hall–Kier alpha value is -2.03. The Morgan fingerprint density at radius 3 is 2.65 bits per heavy atom. The fourth-order valence-corrected chi connectivity index (χ4v) is 1.61. The number of anilines is 1. The number of hydrogen-bond acceptors (Lipinski definition) is 3. The van der Waals surface area contributed by atoms with Gasteiger partial charge < -0.3 is 10.5 Å². The summed E-state index contributed by atoms with van der Waals surface area (Å²) in [6.45, 7) is 4.37. The summed E-state index contributed by atoms with van der Waals surface area (Å²) >= 11 is 0. The van der Waals surface area contributed by atoms with Crippen molar-refractivity contribution in [2.75, 3.05) is 5.73 Å². The topological polar surface area (TPSA) is 48.1 Å². The lowest BCUT2D eigenvalue weighted by molar-refractivity contribution is 0.302. The van der Waals surface area contributed by atoms with Gasteiger partial charge in [0.25, 0.3) is 0 Å². The molecule has 17 heavy (non-hydrogen) atoms. The number of pyridine rings is 1. The molecule has 3 nitrogen and oxygen atoms in total. The Labute approximate surface area is 101 Å². The molecule has 0 radical (unpaired) electrons. The smallest absolute Gasteiger partial charge is 0.143 e. The maximum Gasteiger partial charge on any atom is 0.143 e. The first-order valence-corrected chi connectivity index (χ1v) is 5.57. The first kappa shape index (κ1) is 11.5. The van der Waals surface area contributed by atoms with Crippen molar-refractivity contribution in [3.63, 3.8) is 0 Å². The van der Waals surface area contributed by atoms with Gasteiger partial charge in [0.1, 0.15) is 12.4 Å². The number of hydrogen-bond donors (Lipinski definition) is 1. The van der Waals surface area contributed by atoms with Gasteiger partial charge in [-0.2, -0.15) is 0 Å².